The first kappa shape index (κ1) is 18.9. The Hall–Kier alpha value is -2.91. The average Bonchev–Trinajstić information content (AvgIpc) is 2.87. The quantitative estimate of drug-likeness (QED) is 0.798. The van der Waals surface area contributed by atoms with Crippen molar-refractivity contribution in [3.05, 3.63) is 58.6 Å². The summed E-state index contributed by atoms with van der Waals surface area (Å²) in [5, 5.41) is 2.50. The molecule has 0 spiro atoms. The number of amides is 3. The normalized spacial score (nSPS) is 15.6. The van der Waals surface area contributed by atoms with Crippen LogP contribution in [0.15, 0.2) is 42.5 Å². The number of carbonyl (C=O) groups excluding carboxylic acids is 3. The molecule has 1 fully saturated rings. The van der Waals surface area contributed by atoms with Crippen LogP contribution in [0.3, 0.4) is 0 Å². The Balaban J connectivity index is 1.90. The number of nitrogens with zero attached hydrogens (tertiary/aromatic N) is 1. The van der Waals surface area contributed by atoms with E-state index in [1.54, 1.807) is 12.1 Å². The molecule has 8 nitrogen and oxygen atoms in total. The van der Waals surface area contributed by atoms with Gasteiger partial charge in [-0.05, 0) is 30.3 Å². The molecule has 1 aliphatic rings. The van der Waals surface area contributed by atoms with E-state index in [0.717, 1.165) is 0 Å². The van der Waals surface area contributed by atoms with Gasteiger partial charge in [-0.1, -0.05) is 23.7 Å². The molecule has 0 atom stereocenters. The largest absolute Gasteiger partial charge is 0.366 e. The van der Waals surface area contributed by atoms with Crippen molar-refractivity contribution in [2.75, 3.05) is 15.4 Å². The zero-order valence-electron chi connectivity index (χ0n) is 13.8. The molecule has 3 N–H and O–H groups in total. The van der Waals surface area contributed by atoms with Crippen LogP contribution in [0, 0.1) is 0 Å². The van der Waals surface area contributed by atoms with Gasteiger partial charge < -0.3 is 11.1 Å². The molecule has 3 amide bonds. The minimum Gasteiger partial charge on any atom is -0.366 e. The van der Waals surface area contributed by atoms with Gasteiger partial charge >= 0.3 is 0 Å². The minimum absolute atomic E-state index is 0.0449. The van der Waals surface area contributed by atoms with Gasteiger partial charge in [0.05, 0.1) is 33.3 Å². The highest BCUT2D eigenvalue weighted by Crippen LogP contribution is 2.30. The van der Waals surface area contributed by atoms with Gasteiger partial charge in [0.2, 0.25) is 15.9 Å². The van der Waals surface area contributed by atoms with Crippen molar-refractivity contribution < 1.29 is 22.8 Å². The molecule has 1 saturated heterocycles. The SMILES string of the molecule is NC(=O)c1ccccc1NC(=O)c1ccc(N2C(=O)CCS2(=O)=O)cc1Cl. The van der Waals surface area contributed by atoms with E-state index < -0.39 is 27.7 Å². The third-order valence-electron chi connectivity index (χ3n) is 3.95. The summed E-state index contributed by atoms with van der Waals surface area (Å²) >= 11 is 6.13. The molecular formula is C17H14ClN3O5S. The highest BCUT2D eigenvalue weighted by molar-refractivity contribution is 7.94. The maximum Gasteiger partial charge on any atom is 0.257 e. The van der Waals surface area contributed by atoms with E-state index in [9.17, 15) is 22.8 Å². The topological polar surface area (TPSA) is 127 Å². The molecule has 0 radical (unpaired) electrons. The Morgan fingerprint density at radius 2 is 1.81 bits per heavy atom. The molecule has 0 aromatic heterocycles. The molecule has 27 heavy (non-hydrogen) atoms. The second-order valence-corrected chi connectivity index (χ2v) is 8.10. The summed E-state index contributed by atoms with van der Waals surface area (Å²) in [6.45, 7) is 0. The van der Waals surface area contributed by atoms with Crippen LogP contribution in [0.25, 0.3) is 0 Å². The number of anilines is 2. The Morgan fingerprint density at radius 1 is 1.11 bits per heavy atom. The smallest absolute Gasteiger partial charge is 0.257 e. The lowest BCUT2D eigenvalue weighted by Gasteiger charge is -2.16. The first-order valence-electron chi connectivity index (χ1n) is 7.76. The number of hydrogen-bond acceptors (Lipinski definition) is 5. The van der Waals surface area contributed by atoms with Crippen LogP contribution < -0.4 is 15.4 Å². The number of primary amides is 1. The van der Waals surface area contributed by atoms with Gasteiger partial charge in [0.1, 0.15) is 0 Å². The summed E-state index contributed by atoms with van der Waals surface area (Å²) in [6, 6.07) is 10.1. The van der Waals surface area contributed by atoms with Crippen molar-refractivity contribution in [3.8, 4) is 0 Å². The van der Waals surface area contributed by atoms with E-state index in [1.165, 1.54) is 30.3 Å². The predicted octanol–water partition coefficient (Wildman–Crippen LogP) is 1.76. The number of hydrogen-bond donors (Lipinski definition) is 2. The molecule has 1 heterocycles. The van der Waals surface area contributed by atoms with Crippen LogP contribution in [0.4, 0.5) is 11.4 Å². The second-order valence-electron chi connectivity index (χ2n) is 5.75. The molecular weight excluding hydrogens is 394 g/mol. The Morgan fingerprint density at radius 3 is 2.41 bits per heavy atom. The van der Waals surface area contributed by atoms with E-state index >= 15 is 0 Å². The molecule has 2 aromatic rings. The second kappa shape index (κ2) is 7.01. The van der Waals surface area contributed by atoms with Gasteiger partial charge in [-0.2, -0.15) is 0 Å². The summed E-state index contributed by atoms with van der Waals surface area (Å²) in [5.74, 6) is -2.14. The molecule has 0 unspecified atom stereocenters. The van der Waals surface area contributed by atoms with Crippen molar-refractivity contribution in [2.45, 2.75) is 6.42 Å². The van der Waals surface area contributed by atoms with Crippen LogP contribution >= 0.6 is 11.6 Å². The van der Waals surface area contributed by atoms with Gasteiger partial charge in [0, 0.05) is 6.42 Å². The van der Waals surface area contributed by atoms with Gasteiger partial charge in [-0.15, -0.1) is 0 Å². The third kappa shape index (κ3) is 3.64. The van der Waals surface area contributed by atoms with Crippen molar-refractivity contribution in [3.63, 3.8) is 0 Å². The lowest BCUT2D eigenvalue weighted by Crippen LogP contribution is -2.29. The first-order valence-corrected chi connectivity index (χ1v) is 9.75. The highest BCUT2D eigenvalue weighted by Gasteiger charge is 2.36. The number of rotatable bonds is 4. The number of para-hydroxylation sites is 1. The molecule has 3 rings (SSSR count). The molecule has 2 aromatic carbocycles. The van der Waals surface area contributed by atoms with E-state index in [0.29, 0.717) is 4.31 Å². The number of carbonyl (C=O) groups is 3. The van der Waals surface area contributed by atoms with Crippen LogP contribution in [0.1, 0.15) is 27.1 Å². The summed E-state index contributed by atoms with van der Waals surface area (Å²) in [5.41, 5.74) is 5.73. The Kier molecular flexibility index (Phi) is 4.90. The van der Waals surface area contributed by atoms with Gasteiger partial charge in [0.15, 0.2) is 0 Å². The Labute approximate surface area is 160 Å². The van der Waals surface area contributed by atoms with Crippen molar-refractivity contribution in [2.24, 2.45) is 5.73 Å². The van der Waals surface area contributed by atoms with Crippen molar-refractivity contribution >= 4 is 50.7 Å². The number of nitrogens with one attached hydrogen (secondary N) is 1. The zero-order chi connectivity index (χ0) is 19.8. The lowest BCUT2D eigenvalue weighted by molar-refractivity contribution is -0.116. The summed E-state index contributed by atoms with van der Waals surface area (Å²) in [4.78, 5) is 35.8. The number of benzene rings is 2. The number of halogens is 1. The van der Waals surface area contributed by atoms with Gasteiger partial charge in [0.25, 0.3) is 11.8 Å². The van der Waals surface area contributed by atoms with Crippen LogP contribution in [-0.4, -0.2) is 31.9 Å². The maximum absolute atomic E-state index is 12.5. The van der Waals surface area contributed by atoms with Crippen LogP contribution in [0.5, 0.6) is 0 Å². The Bertz CT molecular complexity index is 1070. The van der Waals surface area contributed by atoms with Gasteiger partial charge in [-0.25, -0.2) is 12.7 Å². The van der Waals surface area contributed by atoms with E-state index in [-0.39, 0.29) is 39.7 Å². The van der Waals surface area contributed by atoms with Gasteiger partial charge in [-0.3, -0.25) is 14.4 Å². The molecule has 140 valence electrons. The minimum atomic E-state index is -3.73. The van der Waals surface area contributed by atoms with Crippen molar-refractivity contribution in [1.82, 2.24) is 0 Å². The predicted molar refractivity (Wildman–Crippen MR) is 100 cm³/mol. The summed E-state index contributed by atoms with van der Waals surface area (Å²) < 4.78 is 24.7. The monoisotopic (exact) mass is 407 g/mol. The lowest BCUT2D eigenvalue weighted by atomic mass is 10.1. The van der Waals surface area contributed by atoms with E-state index in [1.807, 2.05) is 0 Å². The fourth-order valence-corrected chi connectivity index (χ4v) is 4.39. The average molecular weight is 408 g/mol. The summed E-state index contributed by atoms with van der Waals surface area (Å²) in [6.07, 6.45) is -0.105. The van der Waals surface area contributed by atoms with E-state index in [2.05, 4.69) is 5.32 Å². The highest BCUT2D eigenvalue weighted by atomic mass is 35.5. The van der Waals surface area contributed by atoms with Crippen LogP contribution in [0.2, 0.25) is 5.02 Å². The maximum atomic E-state index is 12.5. The van der Waals surface area contributed by atoms with Crippen LogP contribution in [-0.2, 0) is 14.8 Å². The fourth-order valence-electron chi connectivity index (χ4n) is 2.68. The number of nitrogens with two attached hydrogens (primary N) is 1. The zero-order valence-corrected chi connectivity index (χ0v) is 15.4. The standard InChI is InChI=1S/C17H14ClN3O5S/c18-13-9-10(21-15(22)7-8-27(21,25)26)5-6-11(13)17(24)20-14-4-2-1-3-12(14)16(19)23/h1-6,9H,7-8H2,(H2,19,23)(H,20,24). The molecule has 0 saturated carbocycles. The third-order valence-corrected chi connectivity index (χ3v) is 5.95. The molecule has 10 heteroatoms. The molecule has 0 aliphatic carbocycles. The van der Waals surface area contributed by atoms with Crippen molar-refractivity contribution in [1.29, 1.82) is 0 Å². The van der Waals surface area contributed by atoms with E-state index in [4.69, 9.17) is 17.3 Å². The molecule has 0 bridgehead atoms. The fraction of sp³-hybridized carbons (Fsp3) is 0.118. The number of sulfonamides is 1. The summed E-state index contributed by atoms with van der Waals surface area (Å²) in [7, 11) is -3.73. The molecule has 1 aliphatic heterocycles. The first-order chi connectivity index (χ1) is 12.7.